The number of ether oxygens (including phenoxy) is 2. The lowest BCUT2D eigenvalue weighted by Gasteiger charge is -2.06. The molecule has 3 heterocycles. The third-order valence-corrected chi connectivity index (χ3v) is 5.58. The minimum atomic E-state index is 0.295. The molecule has 6 heteroatoms. The Kier molecular flexibility index (Phi) is 6.12. The van der Waals surface area contributed by atoms with Crippen LogP contribution >= 0.6 is 0 Å². The van der Waals surface area contributed by atoms with E-state index in [1.54, 1.807) is 7.11 Å². The number of hydrogen-bond acceptors (Lipinski definition) is 5. The number of oxazole rings is 1. The van der Waals surface area contributed by atoms with Crippen LogP contribution in [0.25, 0.3) is 22.6 Å². The van der Waals surface area contributed by atoms with Gasteiger partial charge in [-0.05, 0) is 30.2 Å². The molecule has 0 aliphatic rings. The van der Waals surface area contributed by atoms with E-state index < -0.39 is 0 Å². The Morgan fingerprint density at radius 1 is 0.882 bits per heavy atom. The summed E-state index contributed by atoms with van der Waals surface area (Å²) in [4.78, 5) is 9.04. The summed E-state index contributed by atoms with van der Waals surface area (Å²) in [5, 5.41) is 0. The quantitative estimate of drug-likeness (QED) is 0.283. The van der Waals surface area contributed by atoms with Gasteiger partial charge in [0.15, 0.2) is 0 Å². The molecule has 0 aliphatic heterocycles. The van der Waals surface area contributed by atoms with Crippen LogP contribution < -0.4 is 9.47 Å². The van der Waals surface area contributed by atoms with Gasteiger partial charge in [0.25, 0.3) is 0 Å². The molecule has 0 bridgehead atoms. The van der Waals surface area contributed by atoms with Crippen molar-refractivity contribution in [3.63, 3.8) is 0 Å². The summed E-state index contributed by atoms with van der Waals surface area (Å²) in [7, 11) is 1.69. The average molecular weight is 452 g/mol. The van der Waals surface area contributed by atoms with E-state index in [1.165, 1.54) is 0 Å². The molecule has 170 valence electrons. The van der Waals surface area contributed by atoms with Gasteiger partial charge in [0.05, 0.1) is 7.11 Å². The van der Waals surface area contributed by atoms with Crippen LogP contribution in [0.3, 0.4) is 0 Å². The van der Waals surface area contributed by atoms with E-state index >= 15 is 0 Å². The summed E-state index contributed by atoms with van der Waals surface area (Å²) in [5.41, 5.74) is 4.95. The van der Waals surface area contributed by atoms with Crippen LogP contribution in [0.1, 0.15) is 17.0 Å². The molecule has 0 fully saturated rings. The number of aromatic nitrogens is 3. The third kappa shape index (κ3) is 4.71. The van der Waals surface area contributed by atoms with Crippen molar-refractivity contribution in [2.45, 2.75) is 20.1 Å². The molecule has 0 saturated carbocycles. The van der Waals surface area contributed by atoms with Crippen molar-refractivity contribution in [1.29, 1.82) is 0 Å². The van der Waals surface area contributed by atoms with Crippen molar-refractivity contribution >= 4 is 0 Å². The van der Waals surface area contributed by atoms with E-state index in [1.807, 2.05) is 80.0 Å². The van der Waals surface area contributed by atoms with E-state index in [9.17, 15) is 0 Å². The standard InChI is InChI=1S/C28H25N3O3/c1-20-25(30-28(34-20)23-11-7-4-8-12-23)19-33-27-14-13-21(15-29-27)16-31-17-24(26(18-31)32-2)22-9-5-3-6-10-22/h3-15,17-18H,16,19H2,1-2H3. The molecule has 0 saturated heterocycles. The molecule has 0 N–H and O–H groups in total. The fourth-order valence-electron chi connectivity index (χ4n) is 3.78. The zero-order chi connectivity index (χ0) is 23.3. The van der Waals surface area contributed by atoms with Gasteiger partial charge in [0, 0.05) is 42.3 Å². The lowest BCUT2D eigenvalue weighted by atomic mass is 10.1. The highest BCUT2D eigenvalue weighted by Crippen LogP contribution is 2.31. The molecule has 0 aliphatic carbocycles. The molecule has 34 heavy (non-hydrogen) atoms. The Labute approximate surface area is 198 Å². The van der Waals surface area contributed by atoms with Crippen LogP contribution in [-0.2, 0) is 13.2 Å². The highest BCUT2D eigenvalue weighted by atomic mass is 16.5. The Morgan fingerprint density at radius 3 is 2.29 bits per heavy atom. The summed E-state index contributed by atoms with van der Waals surface area (Å²) < 4.78 is 19.3. The average Bonchev–Trinajstić information content (AvgIpc) is 3.47. The molecule has 0 radical (unpaired) electrons. The Balaban J connectivity index is 1.24. The third-order valence-electron chi connectivity index (χ3n) is 5.58. The first kappa shape index (κ1) is 21.5. The molecule has 2 aromatic carbocycles. The monoisotopic (exact) mass is 451 g/mol. The van der Waals surface area contributed by atoms with E-state index in [0.29, 0.717) is 24.9 Å². The van der Waals surface area contributed by atoms with E-state index in [2.05, 4.69) is 32.9 Å². The van der Waals surface area contributed by atoms with Crippen LogP contribution in [-0.4, -0.2) is 21.6 Å². The first-order chi connectivity index (χ1) is 16.7. The van der Waals surface area contributed by atoms with Crippen LogP contribution in [0, 0.1) is 6.92 Å². The fraction of sp³-hybridized carbons (Fsp3) is 0.143. The van der Waals surface area contributed by atoms with Crippen molar-refractivity contribution in [2.24, 2.45) is 0 Å². The number of rotatable bonds is 8. The molecule has 5 rings (SSSR count). The Hall–Kier alpha value is -4.32. The Morgan fingerprint density at radius 2 is 1.62 bits per heavy atom. The van der Waals surface area contributed by atoms with Crippen LogP contribution in [0.5, 0.6) is 11.6 Å². The summed E-state index contributed by atoms with van der Waals surface area (Å²) in [6.07, 6.45) is 5.93. The highest BCUT2D eigenvalue weighted by molar-refractivity contribution is 5.70. The van der Waals surface area contributed by atoms with E-state index in [0.717, 1.165) is 39.5 Å². The van der Waals surface area contributed by atoms with E-state index in [4.69, 9.17) is 13.9 Å². The SMILES string of the molecule is COc1cn(Cc2ccc(OCc3nc(-c4ccccc4)oc3C)nc2)cc1-c1ccccc1. The molecule has 0 unspecified atom stereocenters. The Bertz CT molecular complexity index is 1360. The van der Waals surface area contributed by atoms with Gasteiger partial charge in [-0.3, -0.25) is 0 Å². The second-order valence-corrected chi connectivity index (χ2v) is 7.96. The van der Waals surface area contributed by atoms with Crippen molar-refractivity contribution in [3.05, 3.63) is 108 Å². The lowest BCUT2D eigenvalue weighted by Crippen LogP contribution is -2.01. The summed E-state index contributed by atoms with van der Waals surface area (Å²) in [6.45, 7) is 2.87. The predicted octanol–water partition coefficient (Wildman–Crippen LogP) is 6.15. The van der Waals surface area contributed by atoms with Gasteiger partial charge in [0.1, 0.15) is 23.8 Å². The van der Waals surface area contributed by atoms with Crippen molar-refractivity contribution in [2.75, 3.05) is 7.11 Å². The first-order valence-electron chi connectivity index (χ1n) is 11.1. The predicted molar refractivity (Wildman–Crippen MR) is 131 cm³/mol. The smallest absolute Gasteiger partial charge is 0.226 e. The normalized spacial score (nSPS) is 10.9. The van der Waals surface area contributed by atoms with Gasteiger partial charge in [0.2, 0.25) is 11.8 Å². The van der Waals surface area contributed by atoms with Crippen LogP contribution in [0.15, 0.2) is 95.8 Å². The molecule has 3 aromatic heterocycles. The summed E-state index contributed by atoms with van der Waals surface area (Å²) >= 11 is 0. The van der Waals surface area contributed by atoms with Gasteiger partial charge in [-0.25, -0.2) is 9.97 Å². The molecule has 0 atom stereocenters. The lowest BCUT2D eigenvalue weighted by molar-refractivity contribution is 0.287. The maximum Gasteiger partial charge on any atom is 0.226 e. The number of hydrogen-bond donors (Lipinski definition) is 0. The van der Waals surface area contributed by atoms with Gasteiger partial charge >= 0.3 is 0 Å². The second kappa shape index (κ2) is 9.67. The maximum absolute atomic E-state index is 5.87. The van der Waals surface area contributed by atoms with Crippen LogP contribution in [0.2, 0.25) is 0 Å². The highest BCUT2D eigenvalue weighted by Gasteiger charge is 2.13. The zero-order valence-corrected chi connectivity index (χ0v) is 19.1. The first-order valence-corrected chi connectivity index (χ1v) is 11.1. The van der Waals surface area contributed by atoms with Gasteiger partial charge in [-0.1, -0.05) is 54.6 Å². The maximum atomic E-state index is 5.87. The van der Waals surface area contributed by atoms with Gasteiger partial charge < -0.3 is 18.5 Å². The van der Waals surface area contributed by atoms with Crippen molar-refractivity contribution < 1.29 is 13.9 Å². The zero-order valence-electron chi connectivity index (χ0n) is 19.1. The van der Waals surface area contributed by atoms with Crippen molar-refractivity contribution in [1.82, 2.24) is 14.5 Å². The second-order valence-electron chi connectivity index (χ2n) is 7.96. The van der Waals surface area contributed by atoms with Gasteiger partial charge in [-0.15, -0.1) is 0 Å². The molecular formula is C28H25N3O3. The number of pyridine rings is 1. The number of benzene rings is 2. The topological polar surface area (TPSA) is 62.3 Å². The molecule has 0 amide bonds. The minimum Gasteiger partial charge on any atom is -0.495 e. The molecule has 5 aromatic rings. The molecule has 6 nitrogen and oxygen atoms in total. The molecular weight excluding hydrogens is 426 g/mol. The van der Waals surface area contributed by atoms with Crippen molar-refractivity contribution in [3.8, 4) is 34.2 Å². The minimum absolute atomic E-state index is 0.295. The summed E-state index contributed by atoms with van der Waals surface area (Å²) in [6, 6.07) is 23.9. The van der Waals surface area contributed by atoms with Crippen LogP contribution in [0.4, 0.5) is 0 Å². The van der Waals surface area contributed by atoms with Gasteiger partial charge in [-0.2, -0.15) is 0 Å². The fourth-order valence-corrected chi connectivity index (χ4v) is 3.78. The number of aryl methyl sites for hydroxylation is 1. The number of nitrogens with zero attached hydrogens (tertiary/aromatic N) is 3. The summed E-state index contributed by atoms with van der Waals surface area (Å²) in [5.74, 6) is 2.72. The number of methoxy groups -OCH3 is 1. The molecule has 0 spiro atoms. The van der Waals surface area contributed by atoms with E-state index in [-0.39, 0.29) is 0 Å². The largest absolute Gasteiger partial charge is 0.495 e.